The predicted molar refractivity (Wildman–Crippen MR) is 49.4 cm³/mol. The van der Waals surface area contributed by atoms with E-state index in [0.717, 1.165) is 0 Å². The van der Waals surface area contributed by atoms with E-state index in [1.54, 1.807) is 0 Å². The van der Waals surface area contributed by atoms with Crippen LogP contribution in [0.15, 0.2) is 0 Å². The van der Waals surface area contributed by atoms with Gasteiger partial charge in [0.05, 0.1) is 6.42 Å². The predicted octanol–water partition coefficient (Wildman–Crippen LogP) is -0.949. The third kappa shape index (κ3) is 16.2. The summed E-state index contributed by atoms with van der Waals surface area (Å²) in [5.74, 6) is -6.45. The maximum absolute atomic E-state index is 10.2. The lowest BCUT2D eigenvalue weighted by atomic mass is 10.2. The molecule has 0 radical (unpaired) electrons. The molecule has 0 aliphatic heterocycles. The Morgan fingerprint density at radius 3 is 1.24 bits per heavy atom. The number of hydrogen-bond donors (Lipinski definition) is 4. The van der Waals surface area contributed by atoms with Crippen LogP contribution in [-0.4, -0.2) is 50.1 Å². The molecule has 0 aromatic carbocycles. The van der Waals surface area contributed by atoms with Crippen LogP contribution in [0.25, 0.3) is 0 Å². The van der Waals surface area contributed by atoms with E-state index >= 15 is 0 Å². The molecule has 0 heterocycles. The maximum Gasteiger partial charge on any atom is 0.372 e. The van der Waals surface area contributed by atoms with Crippen molar-refractivity contribution in [1.82, 2.24) is 0 Å². The van der Waals surface area contributed by atoms with Gasteiger partial charge in [0.25, 0.3) is 0 Å². The second-order valence-corrected chi connectivity index (χ2v) is 2.59. The fourth-order valence-electron chi connectivity index (χ4n) is 0.457. The number of carbonyl (C=O) groups excluding carboxylic acids is 1. The largest absolute Gasteiger partial charge is 0.481 e. The van der Waals surface area contributed by atoms with Gasteiger partial charge in [-0.25, -0.2) is 4.79 Å². The highest BCUT2D eigenvalue weighted by molar-refractivity contribution is 6.32. The molecule has 0 rings (SSSR count). The minimum Gasteiger partial charge on any atom is -0.481 e. The van der Waals surface area contributed by atoms with Gasteiger partial charge in [0.2, 0.25) is 5.78 Å². The minimum absolute atomic E-state index is 0.425. The molecule has 96 valence electrons. The summed E-state index contributed by atoms with van der Waals surface area (Å²) in [6.45, 7) is 0. The van der Waals surface area contributed by atoms with E-state index in [2.05, 4.69) is 0 Å². The van der Waals surface area contributed by atoms with Gasteiger partial charge < -0.3 is 20.4 Å². The Labute approximate surface area is 94.3 Å². The van der Waals surface area contributed by atoms with Crippen LogP contribution in [0.1, 0.15) is 19.3 Å². The summed E-state index contributed by atoms with van der Waals surface area (Å²) in [6.07, 6.45) is -1.67. The van der Waals surface area contributed by atoms with Crippen molar-refractivity contribution >= 4 is 29.7 Å². The number of Topliss-reactive ketones (excluding diaryl/α,β-unsaturated/α-hetero) is 1. The lowest BCUT2D eigenvalue weighted by Gasteiger charge is -1.88. The number of rotatable bonds is 6. The molecule has 0 aliphatic carbocycles. The molecule has 0 amide bonds. The molecule has 0 aliphatic rings. The Morgan fingerprint density at radius 2 is 1.06 bits per heavy atom. The average molecular weight is 250 g/mol. The number of carboxylic acids is 4. The molecule has 9 nitrogen and oxygen atoms in total. The molecule has 0 atom stereocenters. The highest BCUT2D eigenvalue weighted by Crippen LogP contribution is 1.89. The van der Waals surface area contributed by atoms with Crippen LogP contribution >= 0.6 is 0 Å². The molecule has 9 heteroatoms. The Bertz CT molecular complexity index is 318. The summed E-state index contributed by atoms with van der Waals surface area (Å²) in [5, 5.41) is 31.4. The minimum atomic E-state index is -1.58. The molecule has 0 fully saturated rings. The van der Waals surface area contributed by atoms with Gasteiger partial charge >= 0.3 is 23.9 Å². The topological polar surface area (TPSA) is 166 Å². The van der Waals surface area contributed by atoms with E-state index in [-0.39, 0.29) is 0 Å². The zero-order valence-corrected chi connectivity index (χ0v) is 8.45. The van der Waals surface area contributed by atoms with Crippen LogP contribution in [0.3, 0.4) is 0 Å². The van der Waals surface area contributed by atoms with Gasteiger partial charge in [-0.2, -0.15) is 0 Å². The third-order valence-electron chi connectivity index (χ3n) is 1.11. The monoisotopic (exact) mass is 250 g/mol. The third-order valence-corrected chi connectivity index (χ3v) is 1.11. The lowest BCUT2D eigenvalue weighted by molar-refractivity contribution is -0.150. The van der Waals surface area contributed by atoms with Crippen molar-refractivity contribution in [3.63, 3.8) is 0 Å². The van der Waals surface area contributed by atoms with Crippen molar-refractivity contribution < 1.29 is 44.4 Å². The Morgan fingerprint density at radius 1 is 0.647 bits per heavy atom. The van der Waals surface area contributed by atoms with Gasteiger partial charge in [-0.15, -0.1) is 0 Å². The summed E-state index contributed by atoms with van der Waals surface area (Å²) in [4.78, 5) is 48.6. The van der Waals surface area contributed by atoms with Crippen molar-refractivity contribution in [2.24, 2.45) is 0 Å². The molecule has 0 spiro atoms. The zero-order valence-electron chi connectivity index (χ0n) is 8.45. The Kier molecular flexibility index (Phi) is 8.81. The smallest absolute Gasteiger partial charge is 0.372 e. The van der Waals surface area contributed by atoms with Crippen molar-refractivity contribution in [2.45, 2.75) is 19.3 Å². The zero-order chi connectivity index (χ0) is 14.0. The summed E-state index contributed by atoms with van der Waals surface area (Å²) in [7, 11) is 0. The normalized spacial score (nSPS) is 8.47. The molecule has 4 N–H and O–H groups in total. The van der Waals surface area contributed by atoms with Crippen molar-refractivity contribution in [2.75, 3.05) is 0 Å². The Balaban J connectivity index is 0. The second-order valence-electron chi connectivity index (χ2n) is 2.59. The summed E-state index contributed by atoms with van der Waals surface area (Å²) in [5.41, 5.74) is 0. The van der Waals surface area contributed by atoms with Crippen LogP contribution in [0.4, 0.5) is 0 Å². The highest BCUT2D eigenvalue weighted by atomic mass is 16.4. The van der Waals surface area contributed by atoms with Gasteiger partial charge in [0.1, 0.15) is 6.42 Å². The van der Waals surface area contributed by atoms with Crippen LogP contribution in [0.2, 0.25) is 0 Å². The second kappa shape index (κ2) is 8.83. The number of aliphatic carboxylic acids is 4. The van der Waals surface area contributed by atoms with Crippen molar-refractivity contribution in [3.05, 3.63) is 0 Å². The fraction of sp³-hybridized carbons (Fsp3) is 0.375. The molecular formula is C8H10O9. The first-order chi connectivity index (χ1) is 7.66. The fourth-order valence-corrected chi connectivity index (χ4v) is 0.457. The highest BCUT2D eigenvalue weighted by Gasteiger charge is 2.12. The van der Waals surface area contributed by atoms with E-state index < -0.39 is 48.9 Å². The first-order valence-corrected chi connectivity index (χ1v) is 4.08. The number of carbonyl (C=O) groups is 5. The van der Waals surface area contributed by atoms with E-state index in [9.17, 15) is 24.0 Å². The van der Waals surface area contributed by atoms with Gasteiger partial charge in [-0.1, -0.05) is 0 Å². The van der Waals surface area contributed by atoms with E-state index in [1.165, 1.54) is 0 Å². The molecular weight excluding hydrogens is 240 g/mol. The van der Waals surface area contributed by atoms with Gasteiger partial charge in [0, 0.05) is 6.42 Å². The summed E-state index contributed by atoms with van der Waals surface area (Å²) < 4.78 is 0. The summed E-state index contributed by atoms with van der Waals surface area (Å²) in [6, 6.07) is 0. The van der Waals surface area contributed by atoms with Crippen LogP contribution in [0.5, 0.6) is 0 Å². The number of ketones is 1. The molecule has 0 saturated carbocycles. The van der Waals surface area contributed by atoms with Crippen LogP contribution in [-0.2, 0) is 24.0 Å². The van der Waals surface area contributed by atoms with Gasteiger partial charge in [-0.05, 0) is 0 Å². The average Bonchev–Trinajstić information content (AvgIpc) is 2.12. The lowest BCUT2D eigenvalue weighted by Crippen LogP contribution is -2.13. The standard InChI is InChI=1S/C5H6O5.C3H4O4/c6-3(5(9)10)1-2-4(7)8;4-2(5)1-3(6)7/h1-2H2,(H,7,8)(H,9,10);1H2,(H,4,5)(H,6,7). The van der Waals surface area contributed by atoms with E-state index in [4.69, 9.17) is 20.4 Å². The first-order valence-electron chi connectivity index (χ1n) is 4.08. The molecule has 0 saturated heterocycles. The van der Waals surface area contributed by atoms with Gasteiger partial charge in [-0.3, -0.25) is 19.2 Å². The Hall–Kier alpha value is -2.45. The molecule has 0 aromatic heterocycles. The van der Waals surface area contributed by atoms with Crippen molar-refractivity contribution in [1.29, 1.82) is 0 Å². The molecule has 17 heavy (non-hydrogen) atoms. The molecule has 0 bridgehead atoms. The van der Waals surface area contributed by atoms with Crippen LogP contribution < -0.4 is 0 Å². The summed E-state index contributed by atoms with van der Waals surface area (Å²) >= 11 is 0. The number of carboxylic acid groups (broad SMARTS) is 4. The molecule has 0 unspecified atom stereocenters. The first kappa shape index (κ1) is 17.0. The SMILES string of the molecule is O=C(O)CC(=O)O.O=C(O)CCC(=O)C(=O)O. The number of hydrogen-bond acceptors (Lipinski definition) is 5. The maximum atomic E-state index is 10.2. The quantitative estimate of drug-likeness (QED) is 0.343. The molecule has 0 aromatic rings. The van der Waals surface area contributed by atoms with E-state index in [0.29, 0.717) is 0 Å². The van der Waals surface area contributed by atoms with Crippen LogP contribution in [0, 0.1) is 0 Å². The van der Waals surface area contributed by atoms with E-state index in [1.807, 2.05) is 0 Å². The van der Waals surface area contributed by atoms with Crippen molar-refractivity contribution in [3.8, 4) is 0 Å². The van der Waals surface area contributed by atoms with Gasteiger partial charge in [0.15, 0.2) is 0 Å².